The second kappa shape index (κ2) is 7.18. The van der Waals surface area contributed by atoms with E-state index in [4.69, 9.17) is 4.74 Å². The van der Waals surface area contributed by atoms with Crippen LogP contribution in [0.1, 0.15) is 29.5 Å². The van der Waals surface area contributed by atoms with Crippen molar-refractivity contribution in [3.05, 3.63) is 28.8 Å². The molecule has 1 unspecified atom stereocenters. The lowest BCUT2D eigenvalue weighted by atomic mass is 10.0. The van der Waals surface area contributed by atoms with Gasteiger partial charge < -0.3 is 10.1 Å². The molecule has 0 radical (unpaired) electrons. The van der Waals surface area contributed by atoms with Gasteiger partial charge in [0.05, 0.1) is 0 Å². The van der Waals surface area contributed by atoms with Crippen molar-refractivity contribution in [2.24, 2.45) is 0 Å². The van der Waals surface area contributed by atoms with Gasteiger partial charge in [0, 0.05) is 24.7 Å². The predicted molar refractivity (Wildman–Crippen MR) is 79.9 cm³/mol. The average molecular weight is 298 g/mol. The van der Waals surface area contributed by atoms with Crippen molar-refractivity contribution in [2.75, 3.05) is 20.1 Å². The van der Waals surface area contributed by atoms with E-state index in [9.17, 15) is 8.78 Å². The summed E-state index contributed by atoms with van der Waals surface area (Å²) < 4.78 is 29.9. The molecule has 0 spiro atoms. The van der Waals surface area contributed by atoms with Gasteiger partial charge in [0.2, 0.25) is 0 Å². The first kappa shape index (κ1) is 16.2. The fourth-order valence-corrected chi connectivity index (χ4v) is 2.85. The van der Waals surface area contributed by atoms with Crippen molar-refractivity contribution < 1.29 is 13.5 Å². The van der Waals surface area contributed by atoms with Crippen LogP contribution in [-0.4, -0.2) is 37.7 Å². The van der Waals surface area contributed by atoms with E-state index in [1.807, 2.05) is 27.0 Å². The summed E-state index contributed by atoms with van der Waals surface area (Å²) >= 11 is 0. The molecule has 0 saturated carbocycles. The number of hydrogen-bond acceptors (Lipinski definition) is 3. The number of piperidine rings is 1. The molecule has 0 aromatic heterocycles. The van der Waals surface area contributed by atoms with Gasteiger partial charge in [-0.25, -0.2) is 0 Å². The first-order valence-electron chi connectivity index (χ1n) is 7.44. The highest BCUT2D eigenvalue weighted by Crippen LogP contribution is 2.27. The zero-order chi connectivity index (χ0) is 15.4. The first-order chi connectivity index (χ1) is 9.99. The van der Waals surface area contributed by atoms with Crippen LogP contribution < -0.4 is 10.1 Å². The van der Waals surface area contributed by atoms with Crippen molar-refractivity contribution >= 4 is 0 Å². The number of ether oxygens (including phenoxy) is 1. The summed E-state index contributed by atoms with van der Waals surface area (Å²) in [5, 5.41) is 3.29. The van der Waals surface area contributed by atoms with Crippen molar-refractivity contribution in [1.82, 2.24) is 10.2 Å². The van der Waals surface area contributed by atoms with Crippen molar-refractivity contribution in [2.45, 2.75) is 45.9 Å². The van der Waals surface area contributed by atoms with E-state index in [1.165, 1.54) is 6.42 Å². The van der Waals surface area contributed by atoms with Gasteiger partial charge in [0.25, 0.3) is 0 Å². The maximum Gasteiger partial charge on any atom is 0.387 e. The number of likely N-dealkylation sites (tertiary alicyclic amines) is 1. The Morgan fingerprint density at radius 2 is 2.05 bits per heavy atom. The fraction of sp³-hybridized carbons (Fsp3) is 0.625. The van der Waals surface area contributed by atoms with Crippen LogP contribution in [0.3, 0.4) is 0 Å². The summed E-state index contributed by atoms with van der Waals surface area (Å²) in [4.78, 5) is 2.30. The Morgan fingerprint density at radius 1 is 1.33 bits per heavy atom. The largest absolute Gasteiger partial charge is 0.434 e. The van der Waals surface area contributed by atoms with Gasteiger partial charge in [-0.2, -0.15) is 8.78 Å². The van der Waals surface area contributed by atoms with Crippen molar-refractivity contribution in [3.63, 3.8) is 0 Å². The zero-order valence-corrected chi connectivity index (χ0v) is 13.0. The van der Waals surface area contributed by atoms with Gasteiger partial charge in [-0.15, -0.1) is 0 Å². The minimum atomic E-state index is -2.78. The smallest absolute Gasteiger partial charge is 0.387 e. The molecule has 1 aromatic carbocycles. The maximum atomic E-state index is 12.6. The molecular weight excluding hydrogens is 274 g/mol. The SMILES string of the molecule is CNC1CCCN(Cc2cc(C)c(C)cc2OC(F)F)C1. The Morgan fingerprint density at radius 3 is 2.71 bits per heavy atom. The van der Waals surface area contributed by atoms with Crippen molar-refractivity contribution in [1.29, 1.82) is 0 Å². The Labute approximate surface area is 125 Å². The summed E-state index contributed by atoms with van der Waals surface area (Å²) in [7, 11) is 1.97. The molecule has 5 heteroatoms. The highest BCUT2D eigenvalue weighted by Gasteiger charge is 2.20. The molecule has 0 bridgehead atoms. The lowest BCUT2D eigenvalue weighted by Gasteiger charge is -2.33. The molecule has 3 nitrogen and oxygen atoms in total. The minimum Gasteiger partial charge on any atom is -0.434 e. The summed E-state index contributed by atoms with van der Waals surface area (Å²) in [6.07, 6.45) is 2.29. The summed E-state index contributed by atoms with van der Waals surface area (Å²) in [5.41, 5.74) is 2.92. The third kappa shape index (κ3) is 4.38. The molecule has 21 heavy (non-hydrogen) atoms. The van der Waals surface area contributed by atoms with Gasteiger partial charge in [-0.3, -0.25) is 4.90 Å². The molecule has 1 fully saturated rings. The average Bonchev–Trinajstić information content (AvgIpc) is 2.44. The topological polar surface area (TPSA) is 24.5 Å². The zero-order valence-electron chi connectivity index (χ0n) is 13.0. The molecule has 2 rings (SSSR count). The van der Waals surface area contributed by atoms with Crippen LogP contribution in [0.25, 0.3) is 0 Å². The number of nitrogens with one attached hydrogen (secondary N) is 1. The molecule has 1 N–H and O–H groups in total. The van der Waals surface area contributed by atoms with E-state index >= 15 is 0 Å². The van der Waals surface area contributed by atoms with E-state index in [1.54, 1.807) is 6.07 Å². The molecule has 1 aromatic rings. The molecule has 0 amide bonds. The number of likely N-dealkylation sites (N-methyl/N-ethyl adjacent to an activating group) is 1. The van der Waals surface area contributed by atoms with Crippen LogP contribution in [0.4, 0.5) is 8.78 Å². The molecule has 1 atom stereocenters. The third-order valence-corrected chi connectivity index (χ3v) is 4.20. The van der Waals surface area contributed by atoms with E-state index in [0.717, 1.165) is 36.2 Å². The second-order valence-corrected chi connectivity index (χ2v) is 5.79. The van der Waals surface area contributed by atoms with Gasteiger partial charge in [0.15, 0.2) is 0 Å². The van der Waals surface area contributed by atoms with E-state index < -0.39 is 6.61 Å². The molecule has 1 aliphatic heterocycles. The van der Waals surface area contributed by atoms with Gasteiger partial charge in [-0.05, 0) is 57.5 Å². The molecule has 118 valence electrons. The third-order valence-electron chi connectivity index (χ3n) is 4.20. The number of alkyl halides is 2. The normalized spacial score (nSPS) is 20.0. The van der Waals surface area contributed by atoms with Crippen LogP contribution in [0.15, 0.2) is 12.1 Å². The van der Waals surface area contributed by atoms with Gasteiger partial charge >= 0.3 is 6.61 Å². The Hall–Kier alpha value is -1.20. The van der Waals surface area contributed by atoms with Gasteiger partial charge in [-0.1, -0.05) is 6.07 Å². The second-order valence-electron chi connectivity index (χ2n) is 5.79. The number of benzene rings is 1. The fourth-order valence-electron chi connectivity index (χ4n) is 2.85. The summed E-state index contributed by atoms with van der Waals surface area (Å²) in [5.74, 6) is 0.305. The van der Waals surface area contributed by atoms with Crippen LogP contribution in [0.2, 0.25) is 0 Å². The van der Waals surface area contributed by atoms with E-state index in [-0.39, 0.29) is 0 Å². The minimum absolute atomic E-state index is 0.305. The molecule has 0 aliphatic carbocycles. The van der Waals surface area contributed by atoms with Crippen LogP contribution >= 0.6 is 0 Å². The quantitative estimate of drug-likeness (QED) is 0.904. The number of nitrogens with zero attached hydrogens (tertiary/aromatic N) is 1. The number of aryl methyl sites for hydroxylation is 2. The summed E-state index contributed by atoms with van der Waals surface area (Å²) in [6.45, 7) is 3.72. The number of halogens is 2. The predicted octanol–water partition coefficient (Wildman–Crippen LogP) is 3.09. The highest BCUT2D eigenvalue weighted by molar-refractivity contribution is 5.41. The molecule has 1 heterocycles. The monoisotopic (exact) mass is 298 g/mol. The highest BCUT2D eigenvalue weighted by atomic mass is 19.3. The van der Waals surface area contributed by atoms with E-state index in [2.05, 4.69) is 10.2 Å². The molecule has 1 saturated heterocycles. The Balaban J connectivity index is 2.15. The van der Waals surface area contributed by atoms with Crippen LogP contribution in [-0.2, 0) is 6.54 Å². The van der Waals surface area contributed by atoms with Crippen molar-refractivity contribution in [3.8, 4) is 5.75 Å². The summed E-state index contributed by atoms with van der Waals surface area (Å²) in [6, 6.07) is 4.16. The molecule has 1 aliphatic rings. The number of rotatable bonds is 5. The first-order valence-corrected chi connectivity index (χ1v) is 7.44. The van der Waals surface area contributed by atoms with Crippen LogP contribution in [0.5, 0.6) is 5.75 Å². The Bertz CT molecular complexity index is 480. The van der Waals surface area contributed by atoms with E-state index in [0.29, 0.717) is 18.3 Å². The number of hydrogen-bond donors (Lipinski definition) is 1. The maximum absolute atomic E-state index is 12.6. The van der Waals surface area contributed by atoms with Gasteiger partial charge in [0.1, 0.15) is 5.75 Å². The molecular formula is C16H24F2N2O. The lowest BCUT2D eigenvalue weighted by molar-refractivity contribution is -0.0508. The lowest BCUT2D eigenvalue weighted by Crippen LogP contribution is -2.43. The Kier molecular flexibility index (Phi) is 5.53. The van der Waals surface area contributed by atoms with Crippen LogP contribution in [0, 0.1) is 13.8 Å². The standard InChI is InChI=1S/C16H24F2N2O/c1-11-7-13(15(8-12(11)2)21-16(17)18)9-20-6-4-5-14(10-20)19-3/h7-8,14,16,19H,4-6,9-10H2,1-3H3.